The molecule has 0 heterocycles. The molecule has 94 valence electrons. The topological polar surface area (TPSA) is 53.1 Å². The van der Waals surface area contributed by atoms with Gasteiger partial charge in [0.2, 0.25) is 0 Å². The molecule has 0 fully saturated rings. The SMILES string of the molecule is CCCCCN(C)c1ccc(C(=N)N)c(Cl)c1. The van der Waals surface area contributed by atoms with Gasteiger partial charge in [-0.1, -0.05) is 31.4 Å². The largest absolute Gasteiger partial charge is 0.384 e. The van der Waals surface area contributed by atoms with Crippen molar-refractivity contribution in [1.82, 2.24) is 0 Å². The minimum Gasteiger partial charge on any atom is -0.384 e. The molecule has 0 amide bonds. The monoisotopic (exact) mass is 253 g/mol. The van der Waals surface area contributed by atoms with E-state index in [9.17, 15) is 0 Å². The van der Waals surface area contributed by atoms with Crippen LogP contribution in [0.4, 0.5) is 5.69 Å². The summed E-state index contributed by atoms with van der Waals surface area (Å²) < 4.78 is 0. The van der Waals surface area contributed by atoms with Crippen LogP contribution in [0.5, 0.6) is 0 Å². The van der Waals surface area contributed by atoms with Gasteiger partial charge in [0.1, 0.15) is 5.84 Å². The zero-order valence-corrected chi connectivity index (χ0v) is 11.2. The number of rotatable bonds is 6. The zero-order valence-electron chi connectivity index (χ0n) is 10.5. The highest BCUT2D eigenvalue weighted by molar-refractivity contribution is 6.34. The van der Waals surface area contributed by atoms with Crippen LogP contribution in [-0.2, 0) is 0 Å². The summed E-state index contributed by atoms with van der Waals surface area (Å²) in [6.07, 6.45) is 3.64. The molecule has 0 unspecified atom stereocenters. The van der Waals surface area contributed by atoms with Crippen LogP contribution in [0.15, 0.2) is 18.2 Å². The maximum atomic E-state index is 7.37. The lowest BCUT2D eigenvalue weighted by Crippen LogP contribution is -2.19. The van der Waals surface area contributed by atoms with Crippen molar-refractivity contribution in [1.29, 1.82) is 5.41 Å². The molecule has 0 aliphatic heterocycles. The number of hydrogen-bond acceptors (Lipinski definition) is 2. The number of hydrogen-bond donors (Lipinski definition) is 2. The Labute approximate surface area is 108 Å². The van der Waals surface area contributed by atoms with Crippen LogP contribution in [-0.4, -0.2) is 19.4 Å². The Kier molecular flexibility index (Phi) is 5.29. The molecule has 0 spiro atoms. The fourth-order valence-electron chi connectivity index (χ4n) is 1.69. The number of anilines is 1. The van der Waals surface area contributed by atoms with Crippen LogP contribution in [0.1, 0.15) is 31.7 Å². The molecular formula is C13H20ClN3. The second kappa shape index (κ2) is 6.50. The van der Waals surface area contributed by atoms with Crippen molar-refractivity contribution in [2.24, 2.45) is 5.73 Å². The van der Waals surface area contributed by atoms with Crippen molar-refractivity contribution in [3.63, 3.8) is 0 Å². The molecule has 1 aromatic carbocycles. The molecule has 3 N–H and O–H groups in total. The second-order valence-electron chi connectivity index (χ2n) is 4.21. The van der Waals surface area contributed by atoms with E-state index in [0.29, 0.717) is 10.6 Å². The van der Waals surface area contributed by atoms with E-state index in [1.165, 1.54) is 19.3 Å². The van der Waals surface area contributed by atoms with Crippen LogP contribution in [0.3, 0.4) is 0 Å². The van der Waals surface area contributed by atoms with Crippen LogP contribution in [0, 0.1) is 5.41 Å². The van der Waals surface area contributed by atoms with Gasteiger partial charge in [0.25, 0.3) is 0 Å². The quantitative estimate of drug-likeness (QED) is 0.465. The maximum Gasteiger partial charge on any atom is 0.124 e. The zero-order chi connectivity index (χ0) is 12.8. The second-order valence-corrected chi connectivity index (χ2v) is 4.61. The van der Waals surface area contributed by atoms with Gasteiger partial charge in [-0.05, 0) is 24.6 Å². The van der Waals surface area contributed by atoms with Gasteiger partial charge in [0, 0.05) is 24.8 Å². The first-order chi connectivity index (χ1) is 8.06. The first-order valence-corrected chi connectivity index (χ1v) is 6.29. The molecule has 3 nitrogen and oxygen atoms in total. The molecule has 1 rings (SSSR count). The van der Waals surface area contributed by atoms with Gasteiger partial charge in [-0.15, -0.1) is 0 Å². The van der Waals surface area contributed by atoms with Crippen LogP contribution in [0.2, 0.25) is 5.02 Å². The standard InChI is InChI=1S/C13H20ClN3/c1-3-4-5-8-17(2)10-6-7-11(13(15)16)12(14)9-10/h6-7,9H,3-5,8H2,1-2H3,(H3,15,16). The summed E-state index contributed by atoms with van der Waals surface area (Å²) in [6, 6.07) is 5.62. The highest BCUT2D eigenvalue weighted by Crippen LogP contribution is 2.23. The third kappa shape index (κ3) is 3.93. The predicted octanol–water partition coefficient (Wildman–Crippen LogP) is 3.25. The van der Waals surface area contributed by atoms with Gasteiger partial charge >= 0.3 is 0 Å². The molecule has 1 aromatic rings. The van der Waals surface area contributed by atoms with Gasteiger partial charge in [0.05, 0.1) is 5.02 Å². The van der Waals surface area contributed by atoms with E-state index in [2.05, 4.69) is 18.9 Å². The fourth-order valence-corrected chi connectivity index (χ4v) is 1.96. The van der Waals surface area contributed by atoms with Gasteiger partial charge in [-0.25, -0.2) is 0 Å². The van der Waals surface area contributed by atoms with Crippen LogP contribution in [0.25, 0.3) is 0 Å². The Bertz CT molecular complexity index is 390. The number of unbranched alkanes of at least 4 members (excludes halogenated alkanes) is 2. The summed E-state index contributed by atoms with van der Waals surface area (Å²) in [7, 11) is 2.05. The van der Waals surface area contributed by atoms with Crippen molar-refractivity contribution in [3.05, 3.63) is 28.8 Å². The number of nitrogens with one attached hydrogen (secondary N) is 1. The molecule has 0 aliphatic carbocycles. The van der Waals surface area contributed by atoms with Gasteiger partial charge in [0.15, 0.2) is 0 Å². The summed E-state index contributed by atoms with van der Waals surface area (Å²) in [5.74, 6) is 0.00943. The molecule has 0 saturated heterocycles. The number of nitrogens with two attached hydrogens (primary N) is 1. The molecule has 17 heavy (non-hydrogen) atoms. The van der Waals surface area contributed by atoms with Crippen molar-refractivity contribution in [2.75, 3.05) is 18.5 Å². The van der Waals surface area contributed by atoms with Gasteiger partial charge < -0.3 is 10.6 Å². The van der Waals surface area contributed by atoms with Crippen LogP contribution < -0.4 is 10.6 Å². The Morgan fingerprint density at radius 1 is 1.41 bits per heavy atom. The summed E-state index contributed by atoms with van der Waals surface area (Å²) in [6.45, 7) is 3.21. The Hall–Kier alpha value is -1.22. The average Bonchev–Trinajstić information content (AvgIpc) is 2.28. The summed E-state index contributed by atoms with van der Waals surface area (Å²) >= 11 is 6.08. The van der Waals surface area contributed by atoms with Gasteiger partial charge in [-0.3, -0.25) is 5.41 Å². The van der Waals surface area contributed by atoms with Crippen molar-refractivity contribution < 1.29 is 0 Å². The first-order valence-electron chi connectivity index (χ1n) is 5.91. The number of nitrogens with zero attached hydrogens (tertiary/aromatic N) is 1. The lowest BCUT2D eigenvalue weighted by molar-refractivity contribution is 0.705. The highest BCUT2D eigenvalue weighted by Gasteiger charge is 2.07. The summed E-state index contributed by atoms with van der Waals surface area (Å²) in [5.41, 5.74) is 7.08. The van der Waals surface area contributed by atoms with E-state index < -0.39 is 0 Å². The van der Waals surface area contributed by atoms with Crippen molar-refractivity contribution in [2.45, 2.75) is 26.2 Å². The summed E-state index contributed by atoms with van der Waals surface area (Å²) in [4.78, 5) is 2.17. The van der Waals surface area contributed by atoms with Crippen molar-refractivity contribution in [3.8, 4) is 0 Å². The predicted molar refractivity (Wildman–Crippen MR) is 75.3 cm³/mol. The normalized spacial score (nSPS) is 10.3. The molecule has 0 aliphatic rings. The molecule has 0 radical (unpaired) electrons. The smallest absolute Gasteiger partial charge is 0.124 e. The third-order valence-electron chi connectivity index (χ3n) is 2.78. The third-order valence-corrected chi connectivity index (χ3v) is 3.09. The van der Waals surface area contributed by atoms with E-state index in [0.717, 1.165) is 12.2 Å². The van der Waals surface area contributed by atoms with E-state index in [1.54, 1.807) is 6.07 Å². The average molecular weight is 254 g/mol. The Morgan fingerprint density at radius 2 is 2.12 bits per heavy atom. The van der Waals surface area contributed by atoms with E-state index >= 15 is 0 Å². The summed E-state index contributed by atoms with van der Waals surface area (Å²) in [5, 5.41) is 7.91. The number of halogens is 1. The van der Waals surface area contributed by atoms with E-state index in [1.807, 2.05) is 12.1 Å². The highest BCUT2D eigenvalue weighted by atomic mass is 35.5. The Balaban J connectivity index is 2.72. The molecule has 0 bridgehead atoms. The number of nitrogen functional groups attached to an aromatic ring is 1. The number of benzene rings is 1. The lowest BCUT2D eigenvalue weighted by Gasteiger charge is -2.20. The molecule has 4 heteroatoms. The lowest BCUT2D eigenvalue weighted by atomic mass is 10.1. The maximum absolute atomic E-state index is 7.37. The molecular weight excluding hydrogens is 234 g/mol. The molecule has 0 aromatic heterocycles. The van der Waals surface area contributed by atoms with Crippen LogP contribution >= 0.6 is 11.6 Å². The van der Waals surface area contributed by atoms with E-state index in [4.69, 9.17) is 22.7 Å². The van der Waals surface area contributed by atoms with Gasteiger partial charge in [-0.2, -0.15) is 0 Å². The number of amidine groups is 1. The van der Waals surface area contributed by atoms with E-state index in [-0.39, 0.29) is 5.84 Å². The minimum absolute atomic E-state index is 0.00943. The fraction of sp³-hybridized carbons (Fsp3) is 0.462. The molecule has 0 saturated carbocycles. The Morgan fingerprint density at radius 3 is 2.65 bits per heavy atom. The van der Waals surface area contributed by atoms with Crippen molar-refractivity contribution >= 4 is 23.1 Å². The first kappa shape index (κ1) is 13.8. The minimum atomic E-state index is 0.00943. The molecule has 0 atom stereocenters.